The number of guanidine groups is 1. The van der Waals surface area contributed by atoms with Crippen molar-refractivity contribution in [2.45, 2.75) is 84.5 Å². The predicted molar refractivity (Wildman–Crippen MR) is 105 cm³/mol. The van der Waals surface area contributed by atoms with Gasteiger partial charge < -0.3 is 25.4 Å². The van der Waals surface area contributed by atoms with Gasteiger partial charge in [-0.2, -0.15) is 0 Å². The molecule has 1 amide bonds. The van der Waals surface area contributed by atoms with Crippen LogP contribution >= 0.6 is 0 Å². The lowest BCUT2D eigenvalue weighted by Crippen LogP contribution is -2.53. The Labute approximate surface area is 158 Å². The molecule has 0 aromatic rings. The van der Waals surface area contributed by atoms with Crippen molar-refractivity contribution in [1.82, 2.24) is 15.5 Å². The smallest absolute Gasteiger partial charge is 0.410 e. The second kappa shape index (κ2) is 10.00. The second-order valence-electron chi connectivity index (χ2n) is 8.04. The summed E-state index contributed by atoms with van der Waals surface area (Å²) in [5.74, 6) is 0.684. The molecule has 1 saturated heterocycles. The largest absolute Gasteiger partial charge is 0.444 e. The Kier molecular flexibility index (Phi) is 8.67. The molecule has 1 aliphatic heterocycles. The maximum absolute atomic E-state index is 12.3. The highest BCUT2D eigenvalue weighted by Gasteiger charge is 2.28. The molecule has 7 nitrogen and oxygen atoms in total. The van der Waals surface area contributed by atoms with Crippen molar-refractivity contribution in [1.29, 1.82) is 0 Å². The quantitative estimate of drug-likeness (QED) is 0.494. The van der Waals surface area contributed by atoms with Gasteiger partial charge in [-0.1, -0.05) is 13.8 Å². The lowest BCUT2D eigenvalue weighted by Gasteiger charge is -2.35. The number of carbonyl (C=O) groups is 1. The minimum absolute atomic E-state index is 0.116. The Morgan fingerprint density at radius 2 is 1.92 bits per heavy atom. The van der Waals surface area contributed by atoms with Gasteiger partial charge >= 0.3 is 6.09 Å². The molecule has 152 valence electrons. The summed E-state index contributed by atoms with van der Waals surface area (Å²) >= 11 is 0. The number of carbonyl (C=O) groups excluding carboxylic acids is 1. The second-order valence-corrected chi connectivity index (χ2v) is 8.04. The van der Waals surface area contributed by atoms with E-state index in [1.165, 1.54) is 0 Å². The average molecular weight is 371 g/mol. The first kappa shape index (κ1) is 22.5. The number of hydrogen-bond acceptors (Lipinski definition) is 4. The van der Waals surface area contributed by atoms with E-state index in [1.807, 2.05) is 41.5 Å². The predicted octanol–water partition coefficient (Wildman–Crippen LogP) is 2.49. The maximum Gasteiger partial charge on any atom is 0.410 e. The van der Waals surface area contributed by atoms with Gasteiger partial charge in [-0.15, -0.1) is 0 Å². The fourth-order valence-corrected chi connectivity index (χ4v) is 2.80. The Bertz CT molecular complexity index is 470. The summed E-state index contributed by atoms with van der Waals surface area (Å²) < 4.78 is 5.48. The number of nitrogens with zero attached hydrogens (tertiary/aromatic N) is 2. The van der Waals surface area contributed by atoms with Crippen molar-refractivity contribution in [3.8, 4) is 0 Å². The Hall–Kier alpha value is -1.50. The minimum Gasteiger partial charge on any atom is -0.444 e. The van der Waals surface area contributed by atoms with Gasteiger partial charge in [0.15, 0.2) is 5.96 Å². The van der Waals surface area contributed by atoms with Crippen LogP contribution in [0.2, 0.25) is 0 Å². The van der Waals surface area contributed by atoms with Crippen LogP contribution in [0.5, 0.6) is 0 Å². The summed E-state index contributed by atoms with van der Waals surface area (Å²) in [5.41, 5.74) is -1.25. The van der Waals surface area contributed by atoms with Crippen LogP contribution in [0, 0.1) is 0 Å². The van der Waals surface area contributed by atoms with Crippen LogP contribution < -0.4 is 10.6 Å². The molecule has 3 N–H and O–H groups in total. The minimum atomic E-state index is -0.766. The van der Waals surface area contributed by atoms with E-state index in [-0.39, 0.29) is 12.1 Å². The van der Waals surface area contributed by atoms with E-state index in [9.17, 15) is 9.90 Å². The van der Waals surface area contributed by atoms with E-state index in [2.05, 4.69) is 15.6 Å². The van der Waals surface area contributed by atoms with E-state index in [0.29, 0.717) is 38.4 Å². The fraction of sp³-hybridized carbons (Fsp3) is 0.895. The van der Waals surface area contributed by atoms with Gasteiger partial charge in [0, 0.05) is 25.7 Å². The molecular weight excluding hydrogens is 332 g/mol. The van der Waals surface area contributed by atoms with Crippen LogP contribution in [0.15, 0.2) is 4.99 Å². The molecule has 0 aromatic carbocycles. The molecule has 1 heterocycles. The molecule has 1 fully saturated rings. The summed E-state index contributed by atoms with van der Waals surface area (Å²) in [5, 5.41) is 17.1. The molecular formula is C19H38N4O3. The molecule has 26 heavy (non-hydrogen) atoms. The summed E-state index contributed by atoms with van der Waals surface area (Å²) in [4.78, 5) is 18.6. The van der Waals surface area contributed by atoms with Gasteiger partial charge in [0.05, 0.1) is 12.1 Å². The number of likely N-dealkylation sites (tertiary alicyclic amines) is 1. The zero-order valence-corrected chi connectivity index (χ0v) is 17.4. The van der Waals surface area contributed by atoms with Crippen LogP contribution in [0.4, 0.5) is 4.79 Å². The topological polar surface area (TPSA) is 86.2 Å². The van der Waals surface area contributed by atoms with Gasteiger partial charge in [0.1, 0.15) is 5.60 Å². The SMILES string of the molecule is CCNC(=NCC(O)(CC)CC)NC1CCCN(C(=O)OC(C)(C)C)C1. The third-order valence-corrected chi connectivity index (χ3v) is 4.61. The first-order valence-electron chi connectivity index (χ1n) is 9.87. The number of rotatable bonds is 6. The van der Waals surface area contributed by atoms with Crippen molar-refractivity contribution in [2.24, 2.45) is 4.99 Å². The molecule has 7 heteroatoms. The normalized spacial score (nSPS) is 19.3. The number of amides is 1. The average Bonchev–Trinajstić information content (AvgIpc) is 2.58. The van der Waals surface area contributed by atoms with Crippen molar-refractivity contribution in [2.75, 3.05) is 26.2 Å². The van der Waals surface area contributed by atoms with Gasteiger partial charge in [0.25, 0.3) is 0 Å². The lowest BCUT2D eigenvalue weighted by molar-refractivity contribution is 0.0193. The molecule has 1 rings (SSSR count). The van der Waals surface area contributed by atoms with Crippen molar-refractivity contribution >= 4 is 12.1 Å². The summed E-state index contributed by atoms with van der Waals surface area (Å²) in [7, 11) is 0. The lowest BCUT2D eigenvalue weighted by atomic mass is 9.98. The molecule has 1 aliphatic rings. The van der Waals surface area contributed by atoms with Gasteiger partial charge in [-0.05, 0) is 53.4 Å². The molecule has 0 saturated carbocycles. The van der Waals surface area contributed by atoms with E-state index in [1.54, 1.807) is 4.90 Å². The van der Waals surface area contributed by atoms with Crippen LogP contribution in [0.1, 0.15) is 67.2 Å². The van der Waals surface area contributed by atoms with Crippen molar-refractivity contribution in [3.05, 3.63) is 0 Å². The molecule has 1 atom stereocenters. The Balaban J connectivity index is 2.69. The molecule has 0 bridgehead atoms. The number of aliphatic hydroxyl groups is 1. The maximum atomic E-state index is 12.3. The van der Waals surface area contributed by atoms with E-state index < -0.39 is 11.2 Å². The van der Waals surface area contributed by atoms with Crippen LogP contribution in [0.25, 0.3) is 0 Å². The standard InChI is InChI=1S/C19H38N4O3/c1-7-19(25,8-2)14-21-16(20-9-3)22-15-11-10-12-23(13-15)17(24)26-18(4,5)6/h15,25H,7-14H2,1-6H3,(H2,20,21,22). The number of hydrogen-bond donors (Lipinski definition) is 3. The van der Waals surface area contributed by atoms with Crippen molar-refractivity contribution < 1.29 is 14.6 Å². The van der Waals surface area contributed by atoms with Crippen LogP contribution in [-0.2, 0) is 4.74 Å². The summed E-state index contributed by atoms with van der Waals surface area (Å²) in [6, 6.07) is 0.116. The first-order valence-corrected chi connectivity index (χ1v) is 9.87. The number of piperidine rings is 1. The highest BCUT2D eigenvalue weighted by Crippen LogP contribution is 2.16. The zero-order valence-electron chi connectivity index (χ0n) is 17.4. The molecule has 0 aromatic heterocycles. The summed E-state index contributed by atoms with van der Waals surface area (Å²) in [6.45, 7) is 14.0. The monoisotopic (exact) mass is 370 g/mol. The molecule has 0 radical (unpaired) electrons. The third-order valence-electron chi connectivity index (χ3n) is 4.61. The molecule has 0 spiro atoms. The summed E-state index contributed by atoms with van der Waals surface area (Å²) in [6.07, 6.45) is 2.96. The molecule has 0 aliphatic carbocycles. The van der Waals surface area contributed by atoms with E-state index in [4.69, 9.17) is 4.74 Å². The van der Waals surface area contributed by atoms with Gasteiger partial charge in [-0.25, -0.2) is 4.79 Å². The zero-order chi connectivity index (χ0) is 19.8. The third kappa shape index (κ3) is 7.81. The van der Waals surface area contributed by atoms with Crippen LogP contribution in [-0.4, -0.2) is 65.5 Å². The highest BCUT2D eigenvalue weighted by molar-refractivity contribution is 5.80. The first-order chi connectivity index (χ1) is 12.1. The van der Waals surface area contributed by atoms with Crippen molar-refractivity contribution in [3.63, 3.8) is 0 Å². The van der Waals surface area contributed by atoms with Gasteiger partial charge in [0.2, 0.25) is 0 Å². The van der Waals surface area contributed by atoms with Gasteiger partial charge in [-0.3, -0.25) is 4.99 Å². The molecule has 1 unspecified atom stereocenters. The van der Waals surface area contributed by atoms with E-state index >= 15 is 0 Å². The number of nitrogens with one attached hydrogen (secondary N) is 2. The fourth-order valence-electron chi connectivity index (χ4n) is 2.80. The van der Waals surface area contributed by atoms with Crippen LogP contribution in [0.3, 0.4) is 0 Å². The number of ether oxygens (including phenoxy) is 1. The van der Waals surface area contributed by atoms with E-state index in [0.717, 1.165) is 19.4 Å². The Morgan fingerprint density at radius 3 is 2.46 bits per heavy atom. The highest BCUT2D eigenvalue weighted by atomic mass is 16.6. The Morgan fingerprint density at radius 1 is 1.27 bits per heavy atom. The number of aliphatic imine (C=N–C) groups is 1.